The molecule has 1 rings (SSSR count). The Morgan fingerprint density at radius 1 is 0.793 bits per heavy atom. The average molecular weight is 401 g/mol. The lowest BCUT2D eigenvalue weighted by atomic mass is 10.0. The van der Waals surface area contributed by atoms with Gasteiger partial charge < -0.3 is 4.74 Å². The van der Waals surface area contributed by atoms with Gasteiger partial charge in [0.2, 0.25) is 0 Å². The Balaban J connectivity index is 1.90. The van der Waals surface area contributed by atoms with Gasteiger partial charge in [-0.25, -0.2) is 0 Å². The van der Waals surface area contributed by atoms with Gasteiger partial charge in [-0.3, -0.25) is 4.79 Å². The van der Waals surface area contributed by atoms with Crippen molar-refractivity contribution in [2.45, 2.75) is 110 Å². The highest BCUT2D eigenvalue weighted by atomic mass is 16.5. The zero-order valence-electron chi connectivity index (χ0n) is 19.1. The minimum Gasteiger partial charge on any atom is -0.496 e. The van der Waals surface area contributed by atoms with E-state index in [0.717, 1.165) is 30.6 Å². The van der Waals surface area contributed by atoms with Crippen molar-refractivity contribution in [2.24, 2.45) is 0 Å². The lowest BCUT2D eigenvalue weighted by Gasteiger charge is -2.07. The molecule has 2 heteroatoms. The Labute approximate surface area is 180 Å². The van der Waals surface area contributed by atoms with Gasteiger partial charge in [-0.1, -0.05) is 88.6 Å². The first-order valence-corrected chi connectivity index (χ1v) is 12.1. The van der Waals surface area contributed by atoms with E-state index in [0.29, 0.717) is 12.2 Å². The summed E-state index contributed by atoms with van der Waals surface area (Å²) < 4.78 is 5.35. The van der Waals surface area contributed by atoms with Crippen LogP contribution in [0.15, 0.2) is 36.4 Å². The first kappa shape index (κ1) is 25.5. The molecule has 0 saturated heterocycles. The van der Waals surface area contributed by atoms with Gasteiger partial charge in [0, 0.05) is 12.8 Å². The molecule has 0 unspecified atom stereocenters. The van der Waals surface area contributed by atoms with Crippen molar-refractivity contribution in [2.75, 3.05) is 7.11 Å². The summed E-state index contributed by atoms with van der Waals surface area (Å²) in [6.45, 7) is 2.27. The van der Waals surface area contributed by atoms with E-state index < -0.39 is 0 Å². The molecule has 1 aromatic rings. The molecule has 0 saturated carbocycles. The number of carbonyl (C=O) groups is 1. The first-order chi connectivity index (χ1) is 14.3. The number of aryl methyl sites for hydroxylation is 1. The van der Waals surface area contributed by atoms with E-state index in [1.54, 1.807) is 7.11 Å². The van der Waals surface area contributed by atoms with Crippen molar-refractivity contribution in [1.29, 1.82) is 0 Å². The second-order valence-electron chi connectivity index (χ2n) is 8.18. The molecule has 0 fully saturated rings. The van der Waals surface area contributed by atoms with Crippen LogP contribution in [0, 0.1) is 0 Å². The minimum absolute atomic E-state index is 0.383. The molecule has 0 radical (unpaired) electrons. The van der Waals surface area contributed by atoms with E-state index in [4.69, 9.17) is 4.74 Å². The fourth-order valence-electron chi connectivity index (χ4n) is 3.70. The molecule has 0 atom stereocenters. The van der Waals surface area contributed by atoms with Crippen LogP contribution < -0.4 is 4.74 Å². The number of hydrogen-bond acceptors (Lipinski definition) is 2. The monoisotopic (exact) mass is 400 g/mol. The number of para-hydroxylation sites is 1. The molecule has 0 spiro atoms. The minimum atomic E-state index is 0.383. The number of hydrogen-bond donors (Lipinski definition) is 0. The first-order valence-electron chi connectivity index (χ1n) is 12.1. The Morgan fingerprint density at radius 2 is 1.38 bits per heavy atom. The highest BCUT2D eigenvalue weighted by Crippen LogP contribution is 2.19. The van der Waals surface area contributed by atoms with Gasteiger partial charge in [-0.2, -0.15) is 0 Å². The van der Waals surface area contributed by atoms with Crippen LogP contribution in [-0.2, 0) is 11.2 Å². The largest absolute Gasteiger partial charge is 0.496 e. The van der Waals surface area contributed by atoms with E-state index in [9.17, 15) is 4.79 Å². The highest BCUT2D eigenvalue weighted by Gasteiger charge is 2.06. The van der Waals surface area contributed by atoms with Crippen LogP contribution in [0.3, 0.4) is 0 Å². The number of Topliss-reactive ketones (excluding diaryl/α,β-unsaturated/α-hetero) is 1. The van der Waals surface area contributed by atoms with Crippen LogP contribution in [0.25, 0.3) is 0 Å². The fourth-order valence-corrected chi connectivity index (χ4v) is 3.70. The number of benzene rings is 1. The van der Waals surface area contributed by atoms with Gasteiger partial charge in [0.05, 0.1) is 7.11 Å². The summed E-state index contributed by atoms with van der Waals surface area (Å²) in [5.74, 6) is 1.27. The summed E-state index contributed by atoms with van der Waals surface area (Å²) in [5, 5.41) is 0. The number of methoxy groups -OCH3 is 1. The molecule has 0 aliphatic heterocycles. The summed E-state index contributed by atoms with van der Waals surface area (Å²) in [5.41, 5.74) is 1.13. The van der Waals surface area contributed by atoms with Crippen LogP contribution in [-0.4, -0.2) is 12.9 Å². The third kappa shape index (κ3) is 14.1. The number of unbranched alkanes of at least 4 members (excludes halogenated alkanes) is 11. The van der Waals surface area contributed by atoms with Crippen molar-refractivity contribution < 1.29 is 9.53 Å². The molecule has 1 aromatic carbocycles. The molecule has 0 amide bonds. The Hall–Kier alpha value is -1.57. The van der Waals surface area contributed by atoms with Crippen LogP contribution in [0.1, 0.15) is 109 Å². The summed E-state index contributed by atoms with van der Waals surface area (Å²) in [6, 6.07) is 7.99. The zero-order valence-corrected chi connectivity index (χ0v) is 19.1. The van der Waals surface area contributed by atoms with Crippen LogP contribution in [0.5, 0.6) is 5.75 Å². The molecule has 164 valence electrons. The predicted octanol–water partition coefficient (Wildman–Crippen LogP) is 8.23. The number of ether oxygens (including phenoxy) is 1. The number of ketones is 1. The summed E-state index contributed by atoms with van der Waals surface area (Å²) >= 11 is 0. The molecule has 0 heterocycles. The van der Waals surface area contributed by atoms with Crippen LogP contribution in [0.2, 0.25) is 0 Å². The third-order valence-corrected chi connectivity index (χ3v) is 5.58. The molecule has 0 aliphatic carbocycles. The second kappa shape index (κ2) is 18.5. The highest BCUT2D eigenvalue weighted by molar-refractivity contribution is 5.78. The van der Waals surface area contributed by atoms with Crippen molar-refractivity contribution in [3.63, 3.8) is 0 Å². The van der Waals surface area contributed by atoms with Crippen molar-refractivity contribution in [1.82, 2.24) is 0 Å². The lowest BCUT2D eigenvalue weighted by Crippen LogP contribution is -2.01. The molecule has 0 aromatic heterocycles. The Kier molecular flexibility index (Phi) is 16.2. The molecule has 2 nitrogen and oxygen atoms in total. The maximum Gasteiger partial charge on any atom is 0.133 e. The Morgan fingerprint density at radius 3 is 2.03 bits per heavy atom. The average Bonchev–Trinajstić information content (AvgIpc) is 2.75. The molecular weight excluding hydrogens is 356 g/mol. The van der Waals surface area contributed by atoms with Crippen molar-refractivity contribution >= 4 is 5.78 Å². The fraction of sp³-hybridized carbons (Fsp3) is 0.667. The SMILES string of the molecule is CCCCCCCC/C=C\CCCCCCCC(=O)CCc1ccccc1OC. The van der Waals surface area contributed by atoms with E-state index >= 15 is 0 Å². The van der Waals surface area contributed by atoms with Crippen LogP contribution >= 0.6 is 0 Å². The van der Waals surface area contributed by atoms with Crippen molar-refractivity contribution in [3.8, 4) is 5.75 Å². The quantitative estimate of drug-likeness (QED) is 0.173. The molecular formula is C27H44O2. The van der Waals surface area contributed by atoms with Gasteiger partial charge in [0.25, 0.3) is 0 Å². The van der Waals surface area contributed by atoms with Gasteiger partial charge in [0.1, 0.15) is 11.5 Å². The van der Waals surface area contributed by atoms with Gasteiger partial charge in [0.15, 0.2) is 0 Å². The zero-order chi connectivity index (χ0) is 21.0. The normalized spacial score (nSPS) is 11.2. The molecule has 0 N–H and O–H groups in total. The number of allylic oxidation sites excluding steroid dienone is 2. The summed E-state index contributed by atoms with van der Waals surface area (Å²) in [4.78, 5) is 12.1. The van der Waals surface area contributed by atoms with E-state index in [-0.39, 0.29) is 0 Å². The number of carbonyl (C=O) groups excluding carboxylic acids is 1. The molecule has 0 bridgehead atoms. The second-order valence-corrected chi connectivity index (χ2v) is 8.18. The number of rotatable bonds is 19. The molecule has 0 aliphatic rings. The van der Waals surface area contributed by atoms with E-state index in [1.165, 1.54) is 77.0 Å². The summed E-state index contributed by atoms with van der Waals surface area (Å²) in [6.07, 6.45) is 23.7. The summed E-state index contributed by atoms with van der Waals surface area (Å²) in [7, 11) is 1.69. The van der Waals surface area contributed by atoms with Crippen molar-refractivity contribution in [3.05, 3.63) is 42.0 Å². The van der Waals surface area contributed by atoms with E-state index in [2.05, 4.69) is 19.1 Å². The lowest BCUT2D eigenvalue weighted by molar-refractivity contribution is -0.119. The predicted molar refractivity (Wildman–Crippen MR) is 126 cm³/mol. The maximum absolute atomic E-state index is 12.1. The standard InChI is InChI=1S/C27H44O2/c1-3-4-5-6-7-8-9-10-11-12-13-14-15-16-17-21-26(28)24-23-25-20-18-19-22-27(25)29-2/h10-11,18-20,22H,3-9,12-17,21,23-24H2,1-2H3/b11-10-. The molecule has 29 heavy (non-hydrogen) atoms. The topological polar surface area (TPSA) is 26.3 Å². The van der Waals surface area contributed by atoms with Gasteiger partial charge in [-0.15, -0.1) is 0 Å². The maximum atomic E-state index is 12.1. The van der Waals surface area contributed by atoms with Gasteiger partial charge >= 0.3 is 0 Å². The Bertz CT molecular complexity index is 547. The van der Waals surface area contributed by atoms with Crippen LogP contribution in [0.4, 0.5) is 0 Å². The van der Waals surface area contributed by atoms with Gasteiger partial charge in [-0.05, 0) is 50.2 Å². The van der Waals surface area contributed by atoms with E-state index in [1.807, 2.05) is 24.3 Å². The smallest absolute Gasteiger partial charge is 0.133 e. The third-order valence-electron chi connectivity index (χ3n) is 5.58.